The SMILES string of the molecule is C[S+](C)(C)=O.O=C1COC1.[I-]. The minimum Gasteiger partial charge on any atom is -1.00 e. The molecule has 1 rings (SSSR count). The molecule has 3 nitrogen and oxygen atoms in total. The maximum absolute atomic E-state index is 10.2. The van der Waals surface area contributed by atoms with Crippen molar-refractivity contribution in [3.8, 4) is 0 Å². The highest BCUT2D eigenvalue weighted by Gasteiger charge is 2.10. The zero-order chi connectivity index (χ0) is 8.20. The van der Waals surface area contributed by atoms with Crippen LogP contribution in [0.3, 0.4) is 0 Å². The van der Waals surface area contributed by atoms with Crippen molar-refractivity contribution in [2.45, 2.75) is 0 Å². The highest BCUT2D eigenvalue weighted by Crippen LogP contribution is 1.88. The zero-order valence-electron chi connectivity index (χ0n) is 6.93. The average Bonchev–Trinajstić information content (AvgIpc) is 1.56. The molecule has 5 heteroatoms. The van der Waals surface area contributed by atoms with E-state index in [-0.39, 0.29) is 29.8 Å². The molecule has 0 amide bonds. The fourth-order valence-corrected chi connectivity index (χ4v) is 0.185. The third-order valence-electron chi connectivity index (χ3n) is 0.526. The number of carbonyl (C=O) groups is 1. The van der Waals surface area contributed by atoms with Gasteiger partial charge < -0.3 is 28.7 Å². The topological polar surface area (TPSA) is 43.4 Å². The van der Waals surface area contributed by atoms with E-state index in [2.05, 4.69) is 4.74 Å². The van der Waals surface area contributed by atoms with Crippen LogP contribution < -0.4 is 24.0 Å². The Morgan fingerprint density at radius 1 is 1.27 bits per heavy atom. The van der Waals surface area contributed by atoms with E-state index in [1.54, 1.807) is 18.8 Å². The van der Waals surface area contributed by atoms with Crippen molar-refractivity contribution in [1.29, 1.82) is 0 Å². The highest BCUT2D eigenvalue weighted by molar-refractivity contribution is 8.00. The largest absolute Gasteiger partial charge is 1.00 e. The Balaban J connectivity index is 0. The smallest absolute Gasteiger partial charge is 0.184 e. The van der Waals surface area contributed by atoms with Crippen LogP contribution in [0.25, 0.3) is 0 Å². The Morgan fingerprint density at radius 3 is 1.45 bits per heavy atom. The predicted molar refractivity (Wildman–Crippen MR) is 41.6 cm³/mol. The molecule has 0 aromatic heterocycles. The second-order valence-electron chi connectivity index (χ2n) is 2.76. The lowest BCUT2D eigenvalue weighted by molar-refractivity contribution is -0.140. The molecule has 68 valence electrons. The molecule has 1 aliphatic heterocycles. The predicted octanol–water partition coefficient (Wildman–Crippen LogP) is -3.03. The summed E-state index contributed by atoms with van der Waals surface area (Å²) in [7, 11) is -1.42. The Labute approximate surface area is 85.3 Å². The van der Waals surface area contributed by atoms with E-state index in [0.717, 1.165) is 0 Å². The van der Waals surface area contributed by atoms with Gasteiger partial charge in [-0.2, -0.15) is 0 Å². The van der Waals surface area contributed by atoms with Gasteiger partial charge in [0.05, 0.1) is 9.93 Å². The van der Waals surface area contributed by atoms with Crippen molar-refractivity contribution in [2.24, 2.45) is 0 Å². The van der Waals surface area contributed by atoms with Gasteiger partial charge in [-0.15, -0.1) is 4.21 Å². The van der Waals surface area contributed by atoms with Crippen molar-refractivity contribution < 1.29 is 37.7 Å². The summed E-state index contributed by atoms with van der Waals surface area (Å²) in [6.07, 6.45) is 5.15. The van der Waals surface area contributed by atoms with E-state index in [4.69, 9.17) is 0 Å². The molecule has 0 atom stereocenters. The summed E-state index contributed by atoms with van der Waals surface area (Å²) in [5.74, 6) is 0.213. The summed E-state index contributed by atoms with van der Waals surface area (Å²) < 4.78 is 14.7. The minimum absolute atomic E-state index is 0. The molecule has 0 N–H and O–H groups in total. The summed E-state index contributed by atoms with van der Waals surface area (Å²) in [5, 5.41) is 0. The normalized spacial score (nSPS) is 15.4. The molecule has 11 heavy (non-hydrogen) atoms. The standard InChI is InChI=1S/C3H4O2.C3H9OS.HI/c4-3-1-5-2-3;1-5(2,3)4;/h1-2H2;1-3H3;1H/q;+1;/p-1. The van der Waals surface area contributed by atoms with E-state index < -0.39 is 9.93 Å². The number of ketones is 1. The van der Waals surface area contributed by atoms with Gasteiger partial charge in [0.1, 0.15) is 32.0 Å². The van der Waals surface area contributed by atoms with Crippen LogP contribution in [0.4, 0.5) is 0 Å². The van der Waals surface area contributed by atoms with Gasteiger partial charge >= 0.3 is 0 Å². The molecule has 0 spiro atoms. The highest BCUT2D eigenvalue weighted by atomic mass is 127. The maximum Gasteiger partial charge on any atom is 0.184 e. The Morgan fingerprint density at radius 2 is 1.45 bits per heavy atom. The molecule has 0 saturated carbocycles. The Bertz CT molecular complexity index is 149. The minimum atomic E-state index is -1.42. The number of ether oxygens (including phenoxy) is 1. The lowest BCUT2D eigenvalue weighted by Crippen LogP contribution is -3.00. The van der Waals surface area contributed by atoms with E-state index >= 15 is 0 Å². The second-order valence-corrected chi connectivity index (χ2v) is 6.21. The quantitative estimate of drug-likeness (QED) is 0.352. The van der Waals surface area contributed by atoms with Gasteiger partial charge in [-0.05, 0) is 0 Å². The monoisotopic (exact) mass is 292 g/mol. The Kier molecular flexibility index (Phi) is 7.76. The van der Waals surface area contributed by atoms with Crippen LogP contribution in [0.5, 0.6) is 0 Å². The third kappa shape index (κ3) is 18.0. The van der Waals surface area contributed by atoms with E-state index in [9.17, 15) is 9.00 Å². The molecule has 1 saturated heterocycles. The number of Topliss-reactive ketones (excluding diaryl/α,β-unsaturated/α-hetero) is 1. The van der Waals surface area contributed by atoms with Gasteiger partial charge in [0.2, 0.25) is 0 Å². The average molecular weight is 292 g/mol. The lowest BCUT2D eigenvalue weighted by atomic mass is 10.4. The fraction of sp³-hybridized carbons (Fsp3) is 0.833. The number of carbonyl (C=O) groups excluding carboxylic acids is 1. The van der Waals surface area contributed by atoms with Crippen molar-refractivity contribution in [3.63, 3.8) is 0 Å². The van der Waals surface area contributed by atoms with Crippen LogP contribution in [-0.4, -0.2) is 37.8 Å². The molecule has 0 radical (unpaired) electrons. The molecule has 0 aromatic rings. The first kappa shape index (κ1) is 14.1. The molecular formula is C6H13IO3S. The lowest BCUT2D eigenvalue weighted by Gasteiger charge is -2.07. The first-order valence-corrected chi connectivity index (χ1v) is 5.66. The van der Waals surface area contributed by atoms with Crippen LogP contribution in [0.1, 0.15) is 0 Å². The maximum atomic E-state index is 10.2. The van der Waals surface area contributed by atoms with Crippen LogP contribution in [0, 0.1) is 0 Å². The summed E-state index contributed by atoms with van der Waals surface area (Å²) in [6, 6.07) is 0. The molecular weight excluding hydrogens is 279 g/mol. The molecule has 0 bridgehead atoms. The number of halogens is 1. The van der Waals surface area contributed by atoms with Gasteiger partial charge in [-0.25, -0.2) is 0 Å². The molecule has 0 aromatic carbocycles. The van der Waals surface area contributed by atoms with Gasteiger partial charge in [0.25, 0.3) is 0 Å². The summed E-state index contributed by atoms with van der Waals surface area (Å²) in [6.45, 7) is 0.694. The molecule has 1 aliphatic rings. The fourth-order valence-electron chi connectivity index (χ4n) is 0.185. The van der Waals surface area contributed by atoms with Gasteiger partial charge in [-0.1, -0.05) is 0 Å². The summed E-state index contributed by atoms with van der Waals surface area (Å²) in [5.41, 5.74) is 0. The summed E-state index contributed by atoms with van der Waals surface area (Å²) in [4.78, 5) is 9.77. The molecule has 0 aliphatic carbocycles. The van der Waals surface area contributed by atoms with Crippen LogP contribution in [0.15, 0.2) is 0 Å². The zero-order valence-corrected chi connectivity index (χ0v) is 9.90. The third-order valence-corrected chi connectivity index (χ3v) is 0.526. The Hall–Kier alpha value is 0.510. The molecule has 1 heterocycles. The van der Waals surface area contributed by atoms with E-state index in [1.165, 1.54) is 0 Å². The van der Waals surface area contributed by atoms with Crippen molar-refractivity contribution >= 4 is 15.7 Å². The van der Waals surface area contributed by atoms with Crippen molar-refractivity contribution in [3.05, 3.63) is 0 Å². The first-order valence-electron chi connectivity index (χ1n) is 2.88. The summed E-state index contributed by atoms with van der Waals surface area (Å²) >= 11 is 0. The number of hydrogen-bond acceptors (Lipinski definition) is 3. The van der Waals surface area contributed by atoms with Crippen molar-refractivity contribution in [1.82, 2.24) is 0 Å². The van der Waals surface area contributed by atoms with E-state index in [1.807, 2.05) is 0 Å². The number of hydrogen-bond donors (Lipinski definition) is 0. The molecule has 0 unspecified atom stereocenters. The van der Waals surface area contributed by atoms with Crippen LogP contribution in [0.2, 0.25) is 0 Å². The molecule has 1 fully saturated rings. The van der Waals surface area contributed by atoms with Crippen molar-refractivity contribution in [2.75, 3.05) is 32.0 Å². The second kappa shape index (κ2) is 6.07. The van der Waals surface area contributed by atoms with Gasteiger partial charge in [0, 0.05) is 0 Å². The number of rotatable bonds is 0. The van der Waals surface area contributed by atoms with E-state index in [0.29, 0.717) is 13.2 Å². The van der Waals surface area contributed by atoms with Gasteiger partial charge in [-0.3, -0.25) is 4.79 Å². The first-order chi connectivity index (χ1) is 4.39. The van der Waals surface area contributed by atoms with Crippen LogP contribution in [-0.2, 0) is 23.7 Å². The van der Waals surface area contributed by atoms with Gasteiger partial charge in [0.15, 0.2) is 5.78 Å². The van der Waals surface area contributed by atoms with Crippen LogP contribution >= 0.6 is 0 Å².